The average Bonchev–Trinajstić information content (AvgIpc) is 2.50. The van der Waals surface area contributed by atoms with Crippen LogP contribution in [0.25, 0.3) is 11.1 Å². The van der Waals surface area contributed by atoms with Gasteiger partial charge in [-0.1, -0.05) is 0 Å². The molecule has 21 heavy (non-hydrogen) atoms. The number of aromatic nitrogens is 1. The molecule has 0 amide bonds. The second kappa shape index (κ2) is 5.71. The highest BCUT2D eigenvalue weighted by molar-refractivity contribution is 5.81. The van der Waals surface area contributed by atoms with Crippen LogP contribution >= 0.6 is 0 Å². The molecule has 0 radical (unpaired) electrons. The van der Waals surface area contributed by atoms with Crippen molar-refractivity contribution in [1.29, 1.82) is 5.26 Å². The Hall–Kier alpha value is -2.74. The third kappa shape index (κ3) is 2.36. The third-order valence-electron chi connectivity index (χ3n) is 3.48. The highest BCUT2D eigenvalue weighted by Gasteiger charge is 2.20. The molecule has 0 spiro atoms. The normalized spacial score (nSPS) is 10.0. The lowest BCUT2D eigenvalue weighted by atomic mass is 9.95. The molecule has 1 aromatic carbocycles. The molecule has 5 nitrogen and oxygen atoms in total. The van der Waals surface area contributed by atoms with E-state index < -0.39 is 0 Å². The molecule has 0 bridgehead atoms. The van der Waals surface area contributed by atoms with Crippen LogP contribution in [0, 0.1) is 25.2 Å². The lowest BCUT2D eigenvalue weighted by Gasteiger charge is -2.15. The second-order valence-corrected chi connectivity index (χ2v) is 4.57. The van der Waals surface area contributed by atoms with E-state index in [-0.39, 0.29) is 11.5 Å². The van der Waals surface area contributed by atoms with E-state index in [0.29, 0.717) is 22.4 Å². The zero-order valence-corrected chi connectivity index (χ0v) is 12.4. The van der Waals surface area contributed by atoms with Gasteiger partial charge >= 0.3 is 0 Å². The summed E-state index contributed by atoms with van der Waals surface area (Å²) in [4.78, 5) is 4.18. The predicted molar refractivity (Wildman–Crippen MR) is 78.6 cm³/mol. The van der Waals surface area contributed by atoms with Crippen molar-refractivity contribution in [3.05, 3.63) is 35.2 Å². The van der Waals surface area contributed by atoms with Crippen molar-refractivity contribution in [2.24, 2.45) is 0 Å². The van der Waals surface area contributed by atoms with Gasteiger partial charge in [0.2, 0.25) is 5.75 Å². The number of ether oxygens (including phenoxy) is 2. The molecule has 0 aliphatic rings. The number of pyridine rings is 1. The number of methoxy groups -OCH3 is 2. The highest BCUT2D eigenvalue weighted by atomic mass is 16.5. The summed E-state index contributed by atoms with van der Waals surface area (Å²) >= 11 is 0. The Morgan fingerprint density at radius 1 is 1.19 bits per heavy atom. The van der Waals surface area contributed by atoms with Gasteiger partial charge in [0.05, 0.1) is 19.8 Å². The molecule has 1 N–H and O–H groups in total. The van der Waals surface area contributed by atoms with E-state index in [4.69, 9.17) is 9.47 Å². The molecule has 5 heteroatoms. The van der Waals surface area contributed by atoms with E-state index in [9.17, 15) is 10.4 Å². The molecule has 0 aliphatic carbocycles. The van der Waals surface area contributed by atoms with Crippen LogP contribution in [0.4, 0.5) is 0 Å². The van der Waals surface area contributed by atoms with Crippen molar-refractivity contribution >= 4 is 0 Å². The quantitative estimate of drug-likeness (QED) is 0.937. The van der Waals surface area contributed by atoms with Crippen molar-refractivity contribution in [3.63, 3.8) is 0 Å². The molecule has 0 atom stereocenters. The smallest absolute Gasteiger partial charge is 0.203 e. The summed E-state index contributed by atoms with van der Waals surface area (Å²) < 4.78 is 10.4. The van der Waals surface area contributed by atoms with Gasteiger partial charge in [0, 0.05) is 23.0 Å². The van der Waals surface area contributed by atoms with Crippen molar-refractivity contribution in [3.8, 4) is 34.4 Å². The molecular formula is C16H16N2O3. The van der Waals surface area contributed by atoms with Gasteiger partial charge in [-0.2, -0.15) is 5.26 Å². The minimum absolute atomic E-state index is 0.0537. The van der Waals surface area contributed by atoms with Crippen LogP contribution < -0.4 is 9.47 Å². The first-order valence-corrected chi connectivity index (χ1v) is 6.35. The van der Waals surface area contributed by atoms with E-state index in [1.54, 1.807) is 12.1 Å². The van der Waals surface area contributed by atoms with Gasteiger partial charge in [-0.05, 0) is 31.5 Å². The largest absolute Gasteiger partial charge is 0.504 e. The molecule has 0 fully saturated rings. The number of phenols is 1. The van der Waals surface area contributed by atoms with Gasteiger partial charge < -0.3 is 14.6 Å². The van der Waals surface area contributed by atoms with Gasteiger partial charge in [-0.15, -0.1) is 0 Å². The number of aryl methyl sites for hydroxylation is 1. The van der Waals surface area contributed by atoms with Gasteiger partial charge in [0.15, 0.2) is 11.5 Å². The van der Waals surface area contributed by atoms with Crippen LogP contribution in [0.1, 0.15) is 16.8 Å². The van der Waals surface area contributed by atoms with Crippen LogP contribution in [0.3, 0.4) is 0 Å². The number of aromatic hydroxyl groups is 1. The van der Waals surface area contributed by atoms with Crippen LogP contribution in [-0.4, -0.2) is 24.3 Å². The van der Waals surface area contributed by atoms with E-state index in [1.165, 1.54) is 20.4 Å². The zero-order chi connectivity index (χ0) is 15.6. The van der Waals surface area contributed by atoms with Gasteiger partial charge in [-0.3, -0.25) is 4.98 Å². The summed E-state index contributed by atoms with van der Waals surface area (Å²) in [5, 5.41) is 19.7. The van der Waals surface area contributed by atoms with Crippen LogP contribution in [0.5, 0.6) is 17.2 Å². The van der Waals surface area contributed by atoms with Crippen molar-refractivity contribution < 1.29 is 14.6 Å². The van der Waals surface area contributed by atoms with Crippen LogP contribution in [0.15, 0.2) is 18.3 Å². The molecule has 2 aromatic rings. The molecule has 0 aliphatic heterocycles. The molecule has 1 heterocycles. The Morgan fingerprint density at radius 3 is 2.48 bits per heavy atom. The zero-order valence-electron chi connectivity index (χ0n) is 12.4. The Morgan fingerprint density at radius 2 is 1.90 bits per heavy atom. The van der Waals surface area contributed by atoms with E-state index in [2.05, 4.69) is 11.1 Å². The summed E-state index contributed by atoms with van der Waals surface area (Å²) in [5.74, 6) is 0.621. The number of hydrogen-bond donors (Lipinski definition) is 1. The first-order chi connectivity index (χ1) is 10.0. The molecule has 108 valence electrons. The lowest BCUT2D eigenvalue weighted by Crippen LogP contribution is -1.98. The topological polar surface area (TPSA) is 75.4 Å². The van der Waals surface area contributed by atoms with Crippen molar-refractivity contribution in [2.75, 3.05) is 14.2 Å². The molecule has 0 saturated heterocycles. The molecule has 0 saturated carbocycles. The number of hydrogen-bond acceptors (Lipinski definition) is 5. The maximum atomic E-state index is 10.5. The summed E-state index contributed by atoms with van der Waals surface area (Å²) in [6.45, 7) is 3.73. The lowest BCUT2D eigenvalue weighted by molar-refractivity contribution is 0.334. The van der Waals surface area contributed by atoms with Crippen molar-refractivity contribution in [2.45, 2.75) is 13.8 Å². The van der Waals surface area contributed by atoms with E-state index in [0.717, 1.165) is 11.3 Å². The summed E-state index contributed by atoms with van der Waals surface area (Å²) in [6.07, 6.45) is 1.51. The number of nitriles is 1. The number of phenolic OH excluding ortho intramolecular Hbond substituents is 1. The molecule has 0 unspecified atom stereocenters. The maximum absolute atomic E-state index is 10.5. The number of nitrogens with zero attached hydrogens (tertiary/aromatic N) is 2. The minimum Gasteiger partial charge on any atom is -0.504 e. The monoisotopic (exact) mass is 284 g/mol. The Balaban J connectivity index is 2.80. The summed E-state index contributed by atoms with van der Waals surface area (Å²) in [6, 6.07) is 5.52. The summed E-state index contributed by atoms with van der Waals surface area (Å²) in [5.41, 5.74) is 3.23. The maximum Gasteiger partial charge on any atom is 0.203 e. The summed E-state index contributed by atoms with van der Waals surface area (Å²) in [7, 11) is 2.96. The fraction of sp³-hybridized carbons (Fsp3) is 0.250. The fourth-order valence-corrected chi connectivity index (χ4v) is 2.25. The first-order valence-electron chi connectivity index (χ1n) is 6.35. The predicted octanol–water partition coefficient (Wildman–Crippen LogP) is 2.96. The van der Waals surface area contributed by atoms with E-state index in [1.807, 2.05) is 13.8 Å². The van der Waals surface area contributed by atoms with Gasteiger partial charge in [-0.25, -0.2) is 0 Å². The molecule has 2 rings (SSSR count). The highest BCUT2D eigenvalue weighted by Crippen LogP contribution is 2.45. The number of benzene rings is 1. The molecule has 1 aromatic heterocycles. The fourth-order valence-electron chi connectivity index (χ4n) is 2.25. The van der Waals surface area contributed by atoms with Gasteiger partial charge in [0.1, 0.15) is 6.07 Å². The standard InChI is InChI=1S/C16H16N2O3/c1-9-10(2)18-8-11(7-17)14(9)12-5-6-13(20-3)16(21-4)15(12)19/h5-6,8,19H,1-4H3. The SMILES string of the molecule is COc1ccc(-c2c(C#N)cnc(C)c2C)c(O)c1OC. The Kier molecular flexibility index (Phi) is 3.99. The van der Waals surface area contributed by atoms with Crippen LogP contribution in [-0.2, 0) is 0 Å². The average molecular weight is 284 g/mol. The third-order valence-corrected chi connectivity index (χ3v) is 3.48. The number of rotatable bonds is 3. The molecular weight excluding hydrogens is 268 g/mol. The minimum atomic E-state index is -0.0537. The van der Waals surface area contributed by atoms with E-state index >= 15 is 0 Å². The van der Waals surface area contributed by atoms with Crippen molar-refractivity contribution in [1.82, 2.24) is 4.98 Å². The van der Waals surface area contributed by atoms with Gasteiger partial charge in [0.25, 0.3) is 0 Å². The first kappa shape index (κ1) is 14.7. The van der Waals surface area contributed by atoms with Crippen LogP contribution in [0.2, 0.25) is 0 Å². The second-order valence-electron chi connectivity index (χ2n) is 4.57. The Bertz CT molecular complexity index is 733. The Labute approximate surface area is 123 Å².